The molecule has 0 radical (unpaired) electrons. The first-order chi connectivity index (χ1) is 22.8. The van der Waals surface area contributed by atoms with Gasteiger partial charge in [0, 0.05) is 31.0 Å². The molecule has 4 heterocycles. The van der Waals surface area contributed by atoms with Crippen LogP contribution in [0.4, 0.5) is 0 Å². The molecule has 1 unspecified atom stereocenters. The topological polar surface area (TPSA) is 215 Å². The third-order valence-corrected chi connectivity index (χ3v) is 9.44. The van der Waals surface area contributed by atoms with Crippen molar-refractivity contribution in [1.82, 2.24) is 31.1 Å². The fourth-order valence-electron chi connectivity index (χ4n) is 7.02. The first-order valence-electron chi connectivity index (χ1n) is 17.5. The molecule has 276 valence electrons. The number of amides is 5. The molecule has 0 saturated carbocycles. The highest BCUT2D eigenvalue weighted by molar-refractivity contribution is 5.96. The van der Waals surface area contributed by atoms with Gasteiger partial charge in [-0.3, -0.25) is 38.5 Å². The van der Waals surface area contributed by atoms with Gasteiger partial charge in [-0.2, -0.15) is 0 Å². The zero-order valence-electron chi connectivity index (χ0n) is 29.9. The van der Waals surface area contributed by atoms with Gasteiger partial charge < -0.3 is 36.4 Å². The molecule has 0 aromatic carbocycles. The van der Waals surface area contributed by atoms with E-state index in [4.69, 9.17) is 0 Å². The van der Waals surface area contributed by atoms with Gasteiger partial charge in [0.05, 0.1) is 36.6 Å². The molecule has 0 spiro atoms. The summed E-state index contributed by atoms with van der Waals surface area (Å²) in [6.45, 7) is 13.1. The van der Waals surface area contributed by atoms with E-state index >= 15 is 0 Å². The minimum Gasteiger partial charge on any atom is -0.481 e. The van der Waals surface area contributed by atoms with Crippen molar-refractivity contribution < 1.29 is 43.8 Å². The van der Waals surface area contributed by atoms with Gasteiger partial charge in [0.1, 0.15) is 12.1 Å². The predicted octanol–water partition coefficient (Wildman–Crippen LogP) is -0.0624. The second-order valence-electron chi connectivity index (χ2n) is 15.4. The number of ketones is 1. The highest BCUT2D eigenvalue weighted by Gasteiger charge is 2.45. The smallest absolute Gasteiger partial charge is 0.304 e. The number of piperidine rings is 1. The van der Waals surface area contributed by atoms with E-state index in [0.717, 1.165) is 0 Å². The number of fused-ring (bicyclic) bond motifs is 14. The lowest BCUT2D eigenvalue weighted by Crippen LogP contribution is -2.65. The molecule has 4 aliphatic rings. The number of carboxylic acids is 1. The normalized spacial score (nSPS) is 30.7. The van der Waals surface area contributed by atoms with E-state index in [-0.39, 0.29) is 24.2 Å². The number of rotatable bonds is 6. The van der Waals surface area contributed by atoms with E-state index in [1.165, 1.54) is 6.92 Å². The Balaban J connectivity index is 2.04. The van der Waals surface area contributed by atoms with Crippen molar-refractivity contribution in [1.29, 1.82) is 0 Å². The number of hydrogen-bond acceptors (Lipinski definition) is 9. The number of aliphatic carboxylic acids is 1. The first kappa shape index (κ1) is 39.8. The van der Waals surface area contributed by atoms with Crippen LogP contribution < -0.4 is 21.3 Å². The fourth-order valence-corrected chi connectivity index (χ4v) is 7.02. The molecule has 5 amide bonds. The summed E-state index contributed by atoms with van der Waals surface area (Å²) in [4.78, 5) is 97.3. The second kappa shape index (κ2) is 16.9. The van der Waals surface area contributed by atoms with Gasteiger partial charge in [0.2, 0.25) is 29.5 Å². The van der Waals surface area contributed by atoms with E-state index < -0.39 is 96.0 Å². The van der Waals surface area contributed by atoms with Crippen LogP contribution in [0.5, 0.6) is 0 Å². The second-order valence-corrected chi connectivity index (χ2v) is 15.4. The summed E-state index contributed by atoms with van der Waals surface area (Å²) in [6.07, 6.45) is -0.527. The highest BCUT2D eigenvalue weighted by Crippen LogP contribution is 2.27. The molecule has 49 heavy (non-hydrogen) atoms. The molecule has 0 aromatic heterocycles. The molecule has 0 aromatic rings. The van der Waals surface area contributed by atoms with Crippen molar-refractivity contribution in [2.75, 3.05) is 19.6 Å². The van der Waals surface area contributed by atoms with Gasteiger partial charge in [0.15, 0.2) is 5.78 Å². The van der Waals surface area contributed by atoms with E-state index in [1.54, 1.807) is 16.7 Å². The summed E-state index contributed by atoms with van der Waals surface area (Å²) in [5, 5.41) is 31.2. The maximum absolute atomic E-state index is 14.0. The number of hydrogen-bond donors (Lipinski definition) is 6. The Bertz CT molecular complexity index is 1260. The van der Waals surface area contributed by atoms with Crippen molar-refractivity contribution >= 4 is 41.3 Å². The Morgan fingerprint density at radius 1 is 0.918 bits per heavy atom. The molecule has 4 fully saturated rings. The third-order valence-electron chi connectivity index (χ3n) is 9.44. The maximum Gasteiger partial charge on any atom is 0.304 e. The molecule has 4 saturated heterocycles. The summed E-state index contributed by atoms with van der Waals surface area (Å²) in [6, 6.07) is -5.06. The summed E-state index contributed by atoms with van der Waals surface area (Å²) in [7, 11) is 0. The van der Waals surface area contributed by atoms with Crippen molar-refractivity contribution in [2.24, 2.45) is 17.8 Å². The molecule has 6 N–H and O–H groups in total. The minimum absolute atomic E-state index is 0.0139. The standard InChI is InChI=1S/C34H56N6O9/c1-18(2)15-23-25(42)16-22(17-26(43)44)30(46)37-27(20(4)41)31(47)35-19(3)28(32(48)38-34(5,6)7)40-12-8-9-24(40)33(49)39-13-10-21(11-14-39)29(45)36-23/h18-24,27-28,41H,8-17H2,1-7H3,(H,35,47)(H,36,45)(H,37,46)(H,38,48)(H,43,44)/t19-,20+,22-,23-,24?,27-,28-/m0/s1. The van der Waals surface area contributed by atoms with E-state index in [0.29, 0.717) is 45.3 Å². The van der Waals surface area contributed by atoms with Gasteiger partial charge >= 0.3 is 5.97 Å². The van der Waals surface area contributed by atoms with Gasteiger partial charge in [0.25, 0.3) is 0 Å². The van der Waals surface area contributed by atoms with Crippen LogP contribution in [0.25, 0.3) is 0 Å². The molecular weight excluding hydrogens is 636 g/mol. The quantitative estimate of drug-likeness (QED) is 0.218. The monoisotopic (exact) mass is 692 g/mol. The van der Waals surface area contributed by atoms with Crippen LogP contribution in [0.1, 0.15) is 93.4 Å². The Morgan fingerprint density at radius 3 is 2.10 bits per heavy atom. The van der Waals surface area contributed by atoms with Crippen LogP contribution in [0.15, 0.2) is 0 Å². The summed E-state index contributed by atoms with van der Waals surface area (Å²) in [5.41, 5.74) is -0.632. The number of aliphatic hydroxyl groups is 1. The third kappa shape index (κ3) is 10.9. The molecule has 15 heteroatoms. The number of nitrogens with zero attached hydrogens (tertiary/aromatic N) is 2. The maximum atomic E-state index is 14.0. The fraction of sp³-hybridized carbons (Fsp3) is 0.794. The van der Waals surface area contributed by atoms with E-state index in [2.05, 4.69) is 21.3 Å². The highest BCUT2D eigenvalue weighted by atomic mass is 16.4. The largest absolute Gasteiger partial charge is 0.481 e. The van der Waals surface area contributed by atoms with Crippen molar-refractivity contribution in [3.05, 3.63) is 0 Å². The first-order valence-corrected chi connectivity index (χ1v) is 17.5. The predicted molar refractivity (Wildman–Crippen MR) is 179 cm³/mol. The van der Waals surface area contributed by atoms with Crippen LogP contribution in [0.3, 0.4) is 0 Å². The Morgan fingerprint density at radius 2 is 1.55 bits per heavy atom. The van der Waals surface area contributed by atoms with Crippen LogP contribution in [-0.4, -0.2) is 123 Å². The summed E-state index contributed by atoms with van der Waals surface area (Å²) >= 11 is 0. The zero-order valence-corrected chi connectivity index (χ0v) is 29.9. The number of carbonyl (C=O) groups is 7. The van der Waals surface area contributed by atoms with Crippen LogP contribution in [-0.2, 0) is 33.6 Å². The lowest BCUT2D eigenvalue weighted by Gasteiger charge is -2.40. The Hall–Kier alpha value is -3.59. The van der Waals surface area contributed by atoms with Gasteiger partial charge in [-0.25, -0.2) is 0 Å². The lowest BCUT2D eigenvalue weighted by atomic mass is 9.89. The van der Waals surface area contributed by atoms with Crippen molar-refractivity contribution in [3.8, 4) is 0 Å². The van der Waals surface area contributed by atoms with Crippen molar-refractivity contribution in [3.63, 3.8) is 0 Å². The minimum atomic E-state index is -1.55. The average molecular weight is 693 g/mol. The number of carboxylic acid groups (broad SMARTS) is 1. The molecule has 4 rings (SSSR count). The van der Waals surface area contributed by atoms with Gasteiger partial charge in [-0.15, -0.1) is 0 Å². The number of aliphatic hydroxyl groups excluding tert-OH is 1. The van der Waals surface area contributed by atoms with Gasteiger partial charge in [-0.1, -0.05) is 13.8 Å². The van der Waals surface area contributed by atoms with Gasteiger partial charge in [-0.05, 0) is 79.2 Å². The average Bonchev–Trinajstić information content (AvgIpc) is 3.45. The van der Waals surface area contributed by atoms with E-state index in [1.807, 2.05) is 34.6 Å². The summed E-state index contributed by atoms with van der Waals surface area (Å²) in [5.74, 6) is -6.39. The Labute approximate surface area is 288 Å². The summed E-state index contributed by atoms with van der Waals surface area (Å²) < 4.78 is 0. The molecule has 7 atom stereocenters. The van der Waals surface area contributed by atoms with Crippen LogP contribution >= 0.6 is 0 Å². The lowest BCUT2D eigenvalue weighted by molar-refractivity contribution is -0.143. The Kier molecular flexibility index (Phi) is 13.7. The number of carbonyl (C=O) groups excluding carboxylic acids is 6. The number of Topliss-reactive ketones (excluding diaryl/α,β-unsaturated/α-hetero) is 1. The van der Waals surface area contributed by atoms with E-state index in [9.17, 15) is 43.8 Å². The molecule has 15 nitrogen and oxygen atoms in total. The molecule has 2 bridgehead atoms. The molecular formula is C34H56N6O9. The van der Waals surface area contributed by atoms with Crippen LogP contribution in [0, 0.1) is 17.8 Å². The van der Waals surface area contributed by atoms with Crippen molar-refractivity contribution in [2.45, 2.75) is 135 Å². The number of nitrogens with one attached hydrogen (secondary N) is 4. The zero-order chi connectivity index (χ0) is 36.8. The SMILES string of the molecule is CC(C)C[C@@H]1NC(=O)C2CCN(CC2)C(=O)C2CCCN2[C@H](C(=O)NC(C)(C)C)[C@H](C)NC(=O)[C@H]([C@@H](C)O)NC(=O)[C@H](CC(=O)O)CC1=O. The molecule has 0 aliphatic carbocycles. The van der Waals surface area contributed by atoms with Crippen LogP contribution in [0.2, 0.25) is 0 Å². The molecule has 4 aliphatic heterocycles.